The van der Waals surface area contributed by atoms with Crippen LogP contribution in [0.4, 0.5) is 20.2 Å². The lowest BCUT2D eigenvalue weighted by molar-refractivity contribution is -0.150. The lowest BCUT2D eigenvalue weighted by atomic mass is 10.0. The average molecular weight is 480 g/mol. The number of nitrogens with zero attached hydrogens (tertiary/aromatic N) is 4. The van der Waals surface area contributed by atoms with Crippen LogP contribution < -0.4 is 10.2 Å². The number of nitrogens with one attached hydrogen (secondary N) is 1. The summed E-state index contributed by atoms with van der Waals surface area (Å²) < 4.78 is 33.5. The van der Waals surface area contributed by atoms with Gasteiger partial charge in [-0.3, -0.25) is 4.79 Å². The second-order valence-corrected chi connectivity index (χ2v) is 9.51. The fourth-order valence-corrected chi connectivity index (χ4v) is 5.25. The van der Waals surface area contributed by atoms with Crippen LogP contribution in [0.3, 0.4) is 0 Å². The number of halogens is 2. The van der Waals surface area contributed by atoms with E-state index in [2.05, 4.69) is 26.5 Å². The third-order valence-corrected chi connectivity index (χ3v) is 7.39. The van der Waals surface area contributed by atoms with Gasteiger partial charge in [-0.15, -0.1) is 0 Å². The number of rotatable bonds is 5. The predicted octanol–water partition coefficient (Wildman–Crippen LogP) is 3.57. The molecule has 0 unspecified atom stereocenters. The molecular formula is C26H27F2N5O2. The minimum absolute atomic E-state index is 0.0199. The van der Waals surface area contributed by atoms with Crippen LogP contribution >= 0.6 is 0 Å². The molecule has 2 aliphatic heterocycles. The molecule has 1 amide bonds. The molecule has 0 bridgehead atoms. The molecular weight excluding hydrogens is 452 g/mol. The van der Waals surface area contributed by atoms with Crippen LogP contribution in [0.1, 0.15) is 23.1 Å². The number of carbonyl (C=O) groups is 1. The zero-order valence-corrected chi connectivity index (χ0v) is 19.3. The number of hydrogen-bond donors (Lipinski definition) is 1. The van der Waals surface area contributed by atoms with Crippen molar-refractivity contribution in [3.63, 3.8) is 0 Å². The first-order valence-electron chi connectivity index (χ1n) is 12.1. The molecule has 35 heavy (non-hydrogen) atoms. The highest BCUT2D eigenvalue weighted by molar-refractivity contribution is 5.93. The normalized spacial score (nSPS) is 19.5. The average Bonchev–Trinajstić information content (AvgIpc) is 3.16. The number of aromatic nitrogens is 2. The Hall–Kier alpha value is -3.33. The van der Waals surface area contributed by atoms with Crippen molar-refractivity contribution in [1.82, 2.24) is 15.1 Å². The number of benzene rings is 2. The highest BCUT2D eigenvalue weighted by Crippen LogP contribution is 2.42. The first-order valence-corrected chi connectivity index (χ1v) is 12.1. The van der Waals surface area contributed by atoms with E-state index in [1.54, 1.807) is 12.3 Å². The summed E-state index contributed by atoms with van der Waals surface area (Å²) in [5.41, 5.74) is 4.43. The van der Waals surface area contributed by atoms with Crippen molar-refractivity contribution in [3.8, 4) is 0 Å². The van der Waals surface area contributed by atoms with E-state index in [9.17, 15) is 13.6 Å². The minimum atomic E-state index is -2.74. The molecule has 3 aromatic rings. The molecule has 2 aromatic carbocycles. The van der Waals surface area contributed by atoms with Crippen molar-refractivity contribution < 1.29 is 18.3 Å². The lowest BCUT2D eigenvalue weighted by Crippen LogP contribution is -2.53. The van der Waals surface area contributed by atoms with Gasteiger partial charge in [0.15, 0.2) is 0 Å². The van der Waals surface area contributed by atoms with Crippen LogP contribution in [0.2, 0.25) is 0 Å². The van der Waals surface area contributed by atoms with Gasteiger partial charge in [-0.25, -0.2) is 8.78 Å². The van der Waals surface area contributed by atoms with Crippen molar-refractivity contribution in [2.45, 2.75) is 25.3 Å². The number of amides is 1. The van der Waals surface area contributed by atoms with Gasteiger partial charge in [-0.2, -0.15) is 10.2 Å². The molecule has 2 saturated heterocycles. The quantitative estimate of drug-likeness (QED) is 0.603. The number of carbonyl (C=O) groups excluding carboxylic acids is 1. The summed E-state index contributed by atoms with van der Waals surface area (Å²) >= 11 is 0. The molecule has 0 saturated carbocycles. The molecule has 1 aromatic heterocycles. The van der Waals surface area contributed by atoms with E-state index in [1.807, 2.05) is 23.1 Å². The van der Waals surface area contributed by atoms with E-state index >= 15 is 0 Å². The Morgan fingerprint density at radius 3 is 2.74 bits per heavy atom. The van der Waals surface area contributed by atoms with E-state index in [-0.39, 0.29) is 23.8 Å². The second-order valence-electron chi connectivity index (χ2n) is 9.51. The summed E-state index contributed by atoms with van der Waals surface area (Å²) in [6, 6.07) is 11.2. The first kappa shape index (κ1) is 22.2. The number of anilines is 2. The van der Waals surface area contributed by atoms with Crippen LogP contribution in [-0.4, -0.2) is 60.4 Å². The van der Waals surface area contributed by atoms with Crippen LogP contribution in [0.5, 0.6) is 0 Å². The van der Waals surface area contributed by atoms with Gasteiger partial charge in [-0.05, 0) is 35.7 Å². The maximum absolute atomic E-state index is 14.2. The van der Waals surface area contributed by atoms with Gasteiger partial charge < -0.3 is 19.9 Å². The molecule has 1 aliphatic carbocycles. The van der Waals surface area contributed by atoms with Crippen LogP contribution in [0.25, 0.3) is 10.9 Å². The minimum Gasteiger partial charge on any atom is -0.380 e. The summed E-state index contributed by atoms with van der Waals surface area (Å²) in [6.45, 7) is 4.42. The van der Waals surface area contributed by atoms with E-state index in [0.717, 1.165) is 46.5 Å². The van der Waals surface area contributed by atoms with Crippen LogP contribution in [0, 0.1) is 5.92 Å². The van der Waals surface area contributed by atoms with Crippen molar-refractivity contribution >= 4 is 28.2 Å². The third-order valence-electron chi connectivity index (χ3n) is 7.39. The summed E-state index contributed by atoms with van der Waals surface area (Å²) in [4.78, 5) is 16.7. The summed E-state index contributed by atoms with van der Waals surface area (Å²) in [5, 5.41) is 12.7. The van der Waals surface area contributed by atoms with Crippen LogP contribution in [-0.2, 0) is 28.4 Å². The number of ether oxygens (including phenoxy) is 1. The zero-order valence-electron chi connectivity index (χ0n) is 19.3. The predicted molar refractivity (Wildman–Crippen MR) is 129 cm³/mol. The summed E-state index contributed by atoms with van der Waals surface area (Å²) in [7, 11) is 0. The molecule has 0 spiro atoms. The Kier molecular flexibility index (Phi) is 5.51. The molecule has 7 nitrogen and oxygen atoms in total. The largest absolute Gasteiger partial charge is 0.380 e. The highest BCUT2D eigenvalue weighted by Gasteiger charge is 2.39. The Bertz CT molecular complexity index is 1270. The SMILES string of the molecule is O=C(C1COC1)N1CCN(c2ccc3nncc(NCc4cccc5c4CCC5(F)F)c3c2)CC1. The van der Waals surface area contributed by atoms with E-state index in [1.165, 1.54) is 6.07 Å². The highest BCUT2D eigenvalue weighted by atomic mass is 19.3. The van der Waals surface area contributed by atoms with Gasteiger partial charge in [0.2, 0.25) is 5.91 Å². The Morgan fingerprint density at radius 2 is 1.97 bits per heavy atom. The molecule has 2 fully saturated rings. The number of fused-ring (bicyclic) bond motifs is 2. The Balaban J connectivity index is 1.19. The van der Waals surface area contributed by atoms with Gasteiger partial charge in [0.05, 0.1) is 36.5 Å². The van der Waals surface area contributed by atoms with Gasteiger partial charge in [0.25, 0.3) is 5.92 Å². The maximum Gasteiger partial charge on any atom is 0.273 e. The van der Waals surface area contributed by atoms with Gasteiger partial charge >= 0.3 is 0 Å². The van der Waals surface area contributed by atoms with Crippen molar-refractivity contribution in [2.24, 2.45) is 5.92 Å². The van der Waals surface area contributed by atoms with Gasteiger partial charge in [0.1, 0.15) is 0 Å². The molecule has 6 rings (SSSR count). The van der Waals surface area contributed by atoms with Gasteiger partial charge in [-0.1, -0.05) is 18.2 Å². The molecule has 3 aliphatic rings. The molecule has 3 heterocycles. The number of piperazine rings is 1. The first-order chi connectivity index (χ1) is 17.0. The molecule has 1 N–H and O–H groups in total. The zero-order chi connectivity index (χ0) is 24.0. The Morgan fingerprint density at radius 1 is 1.14 bits per heavy atom. The standard InChI is InChI=1S/C26H27F2N5O2/c27-26(28)7-6-20-17(2-1-3-22(20)26)13-29-24-14-30-31-23-5-4-19(12-21(23)24)32-8-10-33(11-9-32)25(34)18-15-35-16-18/h1-5,12,14,18H,6-11,13,15-16H2,(H,29,31). The molecule has 182 valence electrons. The lowest BCUT2D eigenvalue weighted by Gasteiger charge is -2.39. The van der Waals surface area contributed by atoms with E-state index in [4.69, 9.17) is 4.74 Å². The van der Waals surface area contributed by atoms with Gasteiger partial charge in [0, 0.05) is 55.8 Å². The maximum atomic E-state index is 14.2. The van der Waals surface area contributed by atoms with Crippen molar-refractivity contribution in [2.75, 3.05) is 49.6 Å². The Labute approximate surface area is 202 Å². The van der Waals surface area contributed by atoms with E-state index < -0.39 is 5.92 Å². The fraction of sp³-hybridized carbons (Fsp3) is 0.423. The van der Waals surface area contributed by atoms with Crippen molar-refractivity contribution in [1.29, 1.82) is 0 Å². The molecule has 0 radical (unpaired) electrons. The van der Waals surface area contributed by atoms with E-state index in [0.29, 0.717) is 39.3 Å². The number of hydrogen-bond acceptors (Lipinski definition) is 6. The third kappa shape index (κ3) is 4.07. The topological polar surface area (TPSA) is 70.6 Å². The smallest absolute Gasteiger partial charge is 0.273 e. The summed E-state index contributed by atoms with van der Waals surface area (Å²) in [5.74, 6) is -2.53. The van der Waals surface area contributed by atoms with Crippen LogP contribution in [0.15, 0.2) is 42.6 Å². The number of alkyl halides is 2. The summed E-state index contributed by atoms with van der Waals surface area (Å²) in [6.07, 6.45) is 1.94. The van der Waals surface area contributed by atoms with Crippen molar-refractivity contribution in [3.05, 3.63) is 59.3 Å². The molecule has 9 heteroatoms. The molecule has 0 atom stereocenters. The monoisotopic (exact) mass is 479 g/mol. The fourth-order valence-electron chi connectivity index (χ4n) is 5.25. The second kappa shape index (κ2) is 8.71.